The van der Waals surface area contributed by atoms with Crippen molar-refractivity contribution >= 4 is 23.3 Å². The summed E-state index contributed by atoms with van der Waals surface area (Å²) in [5.41, 5.74) is 10.2. The van der Waals surface area contributed by atoms with Crippen LogP contribution in [0.4, 0.5) is 8.78 Å². The summed E-state index contributed by atoms with van der Waals surface area (Å²) in [5.74, 6) is -0.931. The summed E-state index contributed by atoms with van der Waals surface area (Å²) in [6.07, 6.45) is 1.10. The molecule has 0 fully saturated rings. The van der Waals surface area contributed by atoms with Crippen LogP contribution in [-0.4, -0.2) is 36.0 Å². The standard InChI is InChI=1S/C8H7FO.C4H7FO.C4H11N.C3H6O.C2H5NO.6CH4.2HI.2Na/c1-6(10)7-2-4-8(9)5-3-7;1-3(5)4(2)6;1-2-3-4-5;1-3(2)4;1-2(3)4;;;;;;;;;;/h2-5H,1H3;3H,1-2H3;2-5H2,1H3;1-2H3;1H3,(H2,3,4);6*1H4;2*1H;;/q;;;;;;;;;;;;;2*+1/p-2. The number of amides is 1. The molecule has 0 aliphatic carbocycles. The Morgan fingerprint density at radius 2 is 1.03 bits per heavy atom. The Hall–Kier alpha value is 0.980. The van der Waals surface area contributed by atoms with Gasteiger partial charge in [-0.15, -0.1) is 0 Å². The number of nitrogens with two attached hydrogens (primary N) is 2. The van der Waals surface area contributed by atoms with Gasteiger partial charge in [0, 0.05) is 12.5 Å². The van der Waals surface area contributed by atoms with Crippen LogP contribution in [0.1, 0.15) is 116 Å². The fraction of sp³-hybridized carbons (Fsp3) is 0.630. The number of benzene rings is 1. The monoisotopic (exact) mass is 814 g/mol. The molecule has 1 unspecified atom stereocenters. The minimum Gasteiger partial charge on any atom is -1.00 e. The molecule has 0 saturated carbocycles. The van der Waals surface area contributed by atoms with Gasteiger partial charge >= 0.3 is 59.1 Å². The Kier molecular flexibility index (Phi) is 155. The number of hydrogen-bond acceptors (Lipinski definition) is 5. The van der Waals surface area contributed by atoms with E-state index in [1.165, 1.54) is 78.6 Å². The van der Waals surface area contributed by atoms with E-state index in [-0.39, 0.29) is 175 Å². The van der Waals surface area contributed by atoms with Crippen molar-refractivity contribution in [2.75, 3.05) is 6.54 Å². The van der Waals surface area contributed by atoms with E-state index in [1.807, 2.05) is 0 Å². The Morgan fingerprint density at radius 1 is 0.795 bits per heavy atom. The number of carbonyl (C=O) groups is 4. The predicted octanol–water partition coefficient (Wildman–Crippen LogP) is -4.37. The van der Waals surface area contributed by atoms with Gasteiger partial charge < -0.3 is 64.2 Å². The molecule has 12 heteroatoms. The van der Waals surface area contributed by atoms with Crippen LogP contribution in [0.2, 0.25) is 0 Å². The number of ketones is 3. The van der Waals surface area contributed by atoms with Crippen molar-refractivity contribution < 1.29 is 135 Å². The normalized spacial score (nSPS) is 6.92. The van der Waals surface area contributed by atoms with Crippen LogP contribution in [0.3, 0.4) is 0 Å². The SMILES string of the molecule is C.C.C.C.C.C.CC(=O)C(C)F.CC(=O)c1ccc(F)cc1.CC(C)=O.CC(N)=O.CCCCN.[I-].[I-].[Na+].[Na+]. The molecule has 1 rings (SSSR count). The van der Waals surface area contributed by atoms with Gasteiger partial charge in [-0.1, -0.05) is 57.9 Å². The molecule has 0 bridgehead atoms. The van der Waals surface area contributed by atoms with Crippen molar-refractivity contribution in [1.82, 2.24) is 0 Å². The summed E-state index contributed by atoms with van der Waals surface area (Å²) in [4.78, 5) is 39.1. The number of Topliss-reactive ketones (excluding diaryl/α,β-unsaturated/α-hetero) is 3. The molecular formula is C27H60F2I2N2Na2O4. The minimum absolute atomic E-state index is 0. The van der Waals surface area contributed by atoms with Gasteiger partial charge in [0.2, 0.25) is 5.91 Å². The molecule has 0 heterocycles. The average molecular weight is 815 g/mol. The van der Waals surface area contributed by atoms with Crippen molar-refractivity contribution in [2.24, 2.45) is 11.5 Å². The van der Waals surface area contributed by atoms with E-state index in [9.17, 15) is 28.0 Å². The van der Waals surface area contributed by atoms with Crippen molar-refractivity contribution in [1.29, 1.82) is 0 Å². The fourth-order valence-electron chi connectivity index (χ4n) is 0.889. The summed E-state index contributed by atoms with van der Waals surface area (Å²) in [6, 6.07) is 5.49. The van der Waals surface area contributed by atoms with Crippen molar-refractivity contribution in [3.8, 4) is 0 Å². The predicted molar refractivity (Wildman–Crippen MR) is 153 cm³/mol. The van der Waals surface area contributed by atoms with Crippen LogP contribution in [0, 0.1) is 5.82 Å². The summed E-state index contributed by atoms with van der Waals surface area (Å²) < 4.78 is 23.7. The number of halogens is 4. The zero-order chi connectivity index (χ0) is 24.0. The van der Waals surface area contributed by atoms with E-state index in [0.29, 0.717) is 5.56 Å². The van der Waals surface area contributed by atoms with Crippen LogP contribution in [-0.2, 0) is 14.4 Å². The first-order valence-corrected chi connectivity index (χ1v) is 9.07. The number of alkyl halides is 1. The Labute approximate surface area is 320 Å². The van der Waals surface area contributed by atoms with Gasteiger partial charge in [0.15, 0.2) is 17.7 Å². The summed E-state index contributed by atoms with van der Waals surface area (Å²) in [7, 11) is 0. The van der Waals surface area contributed by atoms with Crippen LogP contribution in [0.5, 0.6) is 0 Å². The quantitative estimate of drug-likeness (QED) is 0.181. The molecule has 0 aliphatic heterocycles. The number of primary amides is 1. The molecule has 0 aromatic heterocycles. The first kappa shape index (κ1) is 90.0. The molecular weight excluding hydrogens is 754 g/mol. The van der Waals surface area contributed by atoms with E-state index in [0.717, 1.165) is 6.54 Å². The maximum Gasteiger partial charge on any atom is 1.00 e. The molecule has 1 aromatic carbocycles. The minimum atomic E-state index is -1.29. The van der Waals surface area contributed by atoms with E-state index < -0.39 is 12.0 Å². The summed E-state index contributed by atoms with van der Waals surface area (Å²) >= 11 is 0. The second-order valence-electron chi connectivity index (χ2n) is 5.95. The molecule has 0 saturated heterocycles. The Morgan fingerprint density at radius 3 is 1.13 bits per heavy atom. The number of unbranched alkanes of at least 4 members (excludes halogenated alkanes) is 1. The number of rotatable bonds is 4. The van der Waals surface area contributed by atoms with Gasteiger partial charge in [0.25, 0.3) is 0 Å². The van der Waals surface area contributed by atoms with Crippen molar-refractivity contribution in [3.05, 3.63) is 35.6 Å². The third-order valence-electron chi connectivity index (χ3n) is 2.37. The van der Waals surface area contributed by atoms with Gasteiger partial charge in [-0.25, -0.2) is 8.78 Å². The smallest absolute Gasteiger partial charge is 1.00 e. The second kappa shape index (κ2) is 67.0. The average Bonchev–Trinajstić information content (AvgIpc) is 2.56. The van der Waals surface area contributed by atoms with E-state index in [2.05, 4.69) is 12.7 Å². The van der Waals surface area contributed by atoms with Crippen LogP contribution >= 0.6 is 0 Å². The fourth-order valence-corrected chi connectivity index (χ4v) is 0.889. The molecule has 0 radical (unpaired) electrons. The zero-order valence-electron chi connectivity index (χ0n) is 21.3. The van der Waals surface area contributed by atoms with E-state index in [1.54, 1.807) is 0 Å². The Balaban J connectivity index is -0.0000000164. The van der Waals surface area contributed by atoms with Gasteiger partial charge in [0.05, 0.1) is 0 Å². The molecule has 1 amide bonds. The molecule has 0 aliphatic rings. The first-order chi connectivity index (χ1) is 13.2. The topological polar surface area (TPSA) is 120 Å². The Bertz CT molecular complexity index is 578. The first-order valence-electron chi connectivity index (χ1n) is 9.07. The molecule has 4 N–H and O–H groups in total. The molecule has 1 aromatic rings. The summed E-state index contributed by atoms with van der Waals surface area (Å²) in [5, 5.41) is 0. The molecule has 1 atom stereocenters. The number of carbonyl (C=O) groups excluding carboxylic acids is 4. The van der Waals surface area contributed by atoms with Gasteiger partial charge in [-0.05, 0) is 71.8 Å². The van der Waals surface area contributed by atoms with E-state index >= 15 is 0 Å². The number of hydrogen-bond donors (Lipinski definition) is 2. The van der Waals surface area contributed by atoms with Crippen LogP contribution in [0.25, 0.3) is 0 Å². The molecule has 232 valence electrons. The van der Waals surface area contributed by atoms with Gasteiger partial charge in [0.1, 0.15) is 11.6 Å². The maximum absolute atomic E-state index is 12.2. The zero-order valence-corrected chi connectivity index (χ0v) is 29.6. The molecule has 6 nitrogen and oxygen atoms in total. The van der Waals surface area contributed by atoms with Crippen molar-refractivity contribution in [2.45, 2.75) is 112 Å². The largest absolute Gasteiger partial charge is 1.00 e. The molecule has 0 spiro atoms. The third kappa shape index (κ3) is 121. The van der Waals surface area contributed by atoms with E-state index in [4.69, 9.17) is 5.73 Å². The summed E-state index contributed by atoms with van der Waals surface area (Å²) in [6.45, 7) is 11.2. The maximum atomic E-state index is 12.2. The van der Waals surface area contributed by atoms with Crippen molar-refractivity contribution in [3.63, 3.8) is 0 Å². The van der Waals surface area contributed by atoms with Crippen LogP contribution < -0.4 is 119 Å². The second-order valence-corrected chi connectivity index (χ2v) is 5.95. The van der Waals surface area contributed by atoms with Crippen LogP contribution in [0.15, 0.2) is 24.3 Å². The van der Waals surface area contributed by atoms with Gasteiger partial charge in [-0.2, -0.15) is 0 Å². The molecule has 39 heavy (non-hydrogen) atoms. The van der Waals surface area contributed by atoms with Gasteiger partial charge in [-0.3, -0.25) is 14.4 Å². The third-order valence-corrected chi connectivity index (χ3v) is 2.37.